The number of fused-ring (bicyclic) bond motifs is 1. The van der Waals surface area contributed by atoms with E-state index in [4.69, 9.17) is 4.52 Å². The van der Waals surface area contributed by atoms with E-state index in [9.17, 15) is 4.79 Å². The lowest BCUT2D eigenvalue weighted by Gasteiger charge is -2.34. The summed E-state index contributed by atoms with van der Waals surface area (Å²) < 4.78 is 5.15. The Labute approximate surface area is 141 Å². The van der Waals surface area contributed by atoms with Crippen LogP contribution in [0.15, 0.2) is 16.8 Å². The van der Waals surface area contributed by atoms with Crippen molar-refractivity contribution in [2.75, 3.05) is 19.6 Å². The largest absolute Gasteiger partial charge is 0.351 e. The highest BCUT2D eigenvalue weighted by Crippen LogP contribution is 2.27. The predicted octanol–water partition coefficient (Wildman–Crippen LogP) is 2.33. The lowest BCUT2D eigenvalue weighted by molar-refractivity contribution is 0.0922. The maximum absolute atomic E-state index is 12.4. The smallest absolute Gasteiger partial charge is 0.257 e. The Balaban J connectivity index is 0.00000192. The zero-order valence-corrected chi connectivity index (χ0v) is 14.3. The molecule has 2 N–H and O–H groups in total. The van der Waals surface area contributed by atoms with Gasteiger partial charge in [0.2, 0.25) is 0 Å². The van der Waals surface area contributed by atoms with E-state index in [-0.39, 0.29) is 23.7 Å². The molecular formula is C16H23ClN4O2. The third-order valence-electron chi connectivity index (χ3n) is 4.49. The van der Waals surface area contributed by atoms with Crippen LogP contribution in [0.5, 0.6) is 0 Å². The minimum atomic E-state index is -0.0857. The Morgan fingerprint density at radius 3 is 2.87 bits per heavy atom. The second kappa shape index (κ2) is 7.27. The molecule has 6 nitrogen and oxygen atoms in total. The Bertz CT molecular complexity index is 680. The second-order valence-corrected chi connectivity index (χ2v) is 6.30. The molecule has 0 spiro atoms. The molecule has 1 aliphatic rings. The van der Waals surface area contributed by atoms with Gasteiger partial charge in [-0.2, -0.15) is 0 Å². The first-order chi connectivity index (χ1) is 10.6. The van der Waals surface area contributed by atoms with E-state index in [0.29, 0.717) is 17.8 Å². The molecule has 0 unspecified atom stereocenters. The molecular weight excluding hydrogens is 316 g/mol. The summed E-state index contributed by atoms with van der Waals surface area (Å²) in [5.41, 5.74) is 2.05. The Kier molecular flexibility index (Phi) is 5.59. The summed E-state index contributed by atoms with van der Waals surface area (Å²) in [5.74, 6) is -0.0857. The van der Waals surface area contributed by atoms with E-state index in [0.717, 1.165) is 43.4 Å². The standard InChI is InChI=1S/C16H22N4O2.ClH/c1-3-13-12-8-11(9-18-15(12)22-20-13)14(21)19-10-16(2)4-6-17-7-5-16;/h8-9,17H,3-7,10H2,1-2H3,(H,19,21);1H. The van der Waals surface area contributed by atoms with Crippen LogP contribution in [0.2, 0.25) is 0 Å². The summed E-state index contributed by atoms with van der Waals surface area (Å²) in [5, 5.41) is 11.2. The zero-order valence-electron chi connectivity index (χ0n) is 13.5. The first kappa shape index (κ1) is 17.7. The molecule has 0 aromatic carbocycles. The van der Waals surface area contributed by atoms with Crippen molar-refractivity contribution >= 4 is 29.4 Å². The Morgan fingerprint density at radius 1 is 1.43 bits per heavy atom. The highest BCUT2D eigenvalue weighted by Gasteiger charge is 2.27. The SMILES string of the molecule is CCc1noc2ncc(C(=O)NCC3(C)CCNCC3)cc12.Cl. The molecule has 2 aromatic heterocycles. The first-order valence-corrected chi connectivity index (χ1v) is 7.84. The highest BCUT2D eigenvalue weighted by molar-refractivity contribution is 5.97. The van der Waals surface area contributed by atoms with Crippen molar-refractivity contribution in [2.24, 2.45) is 5.41 Å². The average molecular weight is 339 g/mol. The number of nitrogens with zero attached hydrogens (tertiary/aromatic N) is 2. The third-order valence-corrected chi connectivity index (χ3v) is 4.49. The van der Waals surface area contributed by atoms with Gasteiger partial charge in [0.1, 0.15) is 0 Å². The maximum Gasteiger partial charge on any atom is 0.257 e. The molecule has 23 heavy (non-hydrogen) atoms. The quantitative estimate of drug-likeness (QED) is 0.894. The van der Waals surface area contributed by atoms with Crippen molar-refractivity contribution in [1.82, 2.24) is 20.8 Å². The minimum Gasteiger partial charge on any atom is -0.351 e. The van der Waals surface area contributed by atoms with Crippen molar-refractivity contribution < 1.29 is 9.32 Å². The first-order valence-electron chi connectivity index (χ1n) is 7.84. The molecule has 2 aromatic rings. The number of hydrogen-bond acceptors (Lipinski definition) is 5. The molecule has 0 bridgehead atoms. The van der Waals surface area contributed by atoms with Crippen molar-refractivity contribution in [3.8, 4) is 0 Å². The molecule has 1 fully saturated rings. The number of amides is 1. The molecule has 126 valence electrons. The van der Waals surface area contributed by atoms with Gasteiger partial charge in [0.15, 0.2) is 0 Å². The minimum absolute atomic E-state index is 0. The van der Waals surface area contributed by atoms with Crippen LogP contribution in [-0.4, -0.2) is 35.7 Å². The molecule has 0 radical (unpaired) electrons. The summed E-state index contributed by atoms with van der Waals surface area (Å²) >= 11 is 0. The molecule has 3 heterocycles. The van der Waals surface area contributed by atoms with E-state index in [1.807, 2.05) is 13.0 Å². The lowest BCUT2D eigenvalue weighted by Crippen LogP contribution is -2.42. The van der Waals surface area contributed by atoms with Gasteiger partial charge in [-0.1, -0.05) is 19.0 Å². The van der Waals surface area contributed by atoms with Gasteiger partial charge in [0.05, 0.1) is 16.6 Å². The average Bonchev–Trinajstić information content (AvgIpc) is 2.95. The van der Waals surface area contributed by atoms with Crippen LogP contribution in [0.25, 0.3) is 11.1 Å². The number of pyridine rings is 1. The van der Waals surface area contributed by atoms with Gasteiger partial charge in [-0.15, -0.1) is 12.4 Å². The number of aryl methyl sites for hydroxylation is 1. The fourth-order valence-corrected chi connectivity index (χ4v) is 2.86. The Morgan fingerprint density at radius 2 is 2.17 bits per heavy atom. The van der Waals surface area contributed by atoms with Gasteiger partial charge < -0.3 is 15.2 Å². The summed E-state index contributed by atoms with van der Waals surface area (Å²) in [6, 6.07) is 1.82. The van der Waals surface area contributed by atoms with E-state index < -0.39 is 0 Å². The molecule has 1 amide bonds. The fourth-order valence-electron chi connectivity index (χ4n) is 2.86. The van der Waals surface area contributed by atoms with Gasteiger partial charge in [-0.25, -0.2) is 4.98 Å². The van der Waals surface area contributed by atoms with Gasteiger partial charge in [-0.3, -0.25) is 4.79 Å². The number of halogens is 1. The van der Waals surface area contributed by atoms with Crippen molar-refractivity contribution in [3.05, 3.63) is 23.5 Å². The number of aromatic nitrogens is 2. The molecule has 7 heteroatoms. The predicted molar refractivity (Wildman–Crippen MR) is 91.0 cm³/mol. The number of hydrogen-bond donors (Lipinski definition) is 2. The van der Waals surface area contributed by atoms with Crippen molar-refractivity contribution in [2.45, 2.75) is 33.1 Å². The van der Waals surface area contributed by atoms with Crippen LogP contribution >= 0.6 is 12.4 Å². The van der Waals surface area contributed by atoms with E-state index in [1.165, 1.54) is 0 Å². The molecule has 0 saturated carbocycles. The number of rotatable bonds is 4. The summed E-state index contributed by atoms with van der Waals surface area (Å²) in [6.07, 6.45) is 4.46. The van der Waals surface area contributed by atoms with E-state index in [2.05, 4.69) is 27.7 Å². The van der Waals surface area contributed by atoms with Crippen LogP contribution in [0.4, 0.5) is 0 Å². The topological polar surface area (TPSA) is 80.0 Å². The normalized spacial score (nSPS) is 16.8. The highest BCUT2D eigenvalue weighted by atomic mass is 35.5. The fraction of sp³-hybridized carbons (Fsp3) is 0.562. The van der Waals surface area contributed by atoms with Crippen LogP contribution < -0.4 is 10.6 Å². The van der Waals surface area contributed by atoms with E-state index >= 15 is 0 Å². The molecule has 3 rings (SSSR count). The van der Waals surface area contributed by atoms with Crippen LogP contribution in [-0.2, 0) is 6.42 Å². The monoisotopic (exact) mass is 338 g/mol. The summed E-state index contributed by atoms with van der Waals surface area (Å²) in [7, 11) is 0. The number of piperidine rings is 1. The molecule has 0 aliphatic carbocycles. The number of carbonyl (C=O) groups is 1. The zero-order chi connectivity index (χ0) is 15.6. The van der Waals surface area contributed by atoms with E-state index in [1.54, 1.807) is 6.20 Å². The van der Waals surface area contributed by atoms with Crippen LogP contribution in [0, 0.1) is 5.41 Å². The van der Waals surface area contributed by atoms with Crippen LogP contribution in [0.1, 0.15) is 42.7 Å². The second-order valence-electron chi connectivity index (χ2n) is 6.30. The third kappa shape index (κ3) is 3.82. The van der Waals surface area contributed by atoms with Crippen molar-refractivity contribution in [3.63, 3.8) is 0 Å². The van der Waals surface area contributed by atoms with Crippen LogP contribution in [0.3, 0.4) is 0 Å². The summed E-state index contributed by atoms with van der Waals surface area (Å²) in [4.78, 5) is 16.6. The van der Waals surface area contributed by atoms with Gasteiger partial charge in [-0.05, 0) is 43.8 Å². The Hall–Kier alpha value is -1.66. The summed E-state index contributed by atoms with van der Waals surface area (Å²) in [6.45, 7) is 6.95. The number of nitrogens with one attached hydrogen (secondary N) is 2. The molecule has 1 aliphatic heterocycles. The van der Waals surface area contributed by atoms with Gasteiger partial charge in [0, 0.05) is 12.7 Å². The van der Waals surface area contributed by atoms with Gasteiger partial charge in [0.25, 0.3) is 11.6 Å². The van der Waals surface area contributed by atoms with Gasteiger partial charge >= 0.3 is 0 Å². The lowest BCUT2D eigenvalue weighted by atomic mass is 9.81. The molecule has 1 saturated heterocycles. The molecule has 0 atom stereocenters. The number of carbonyl (C=O) groups excluding carboxylic acids is 1. The maximum atomic E-state index is 12.4. The van der Waals surface area contributed by atoms with Crippen molar-refractivity contribution in [1.29, 1.82) is 0 Å².